The minimum Gasteiger partial charge on any atom is -0.135 e. The molecule has 0 rings (SSSR count). The van der Waals surface area contributed by atoms with Crippen LogP contribution in [0.2, 0.25) is 0 Å². The quantitative estimate of drug-likeness (QED) is 0.507. The Labute approximate surface area is 69.1 Å². The van der Waals surface area contributed by atoms with Gasteiger partial charge in [-0.2, -0.15) is 0 Å². The molecule has 0 aromatic carbocycles. The molecule has 0 bridgehead atoms. The monoisotopic (exact) mass is 158 g/mol. The molecule has 0 spiro atoms. The first-order chi connectivity index (χ1) is 4.91. The van der Waals surface area contributed by atoms with Gasteiger partial charge in [0.05, 0.1) is 0 Å². The molecule has 0 N–H and O–H groups in total. The second-order valence-electron chi connectivity index (χ2n) is 2.45. The molecule has 0 nitrogen and oxygen atoms in total. The molecule has 0 fully saturated rings. The predicted molar refractivity (Wildman–Crippen MR) is 51.4 cm³/mol. The fourth-order valence-corrected chi connectivity index (χ4v) is 1.41. The Morgan fingerprint density at radius 3 is 2.50 bits per heavy atom. The van der Waals surface area contributed by atoms with Gasteiger partial charge in [-0.1, -0.05) is 39.2 Å². The van der Waals surface area contributed by atoms with E-state index in [4.69, 9.17) is 0 Å². The largest absolute Gasteiger partial charge is 0.135 e. The first-order valence-electron chi connectivity index (χ1n) is 4.14. The Kier molecular flexibility index (Phi) is 9.17. The maximum atomic E-state index is 3.66. The van der Waals surface area contributed by atoms with Crippen LogP contribution in [0.25, 0.3) is 0 Å². The lowest BCUT2D eigenvalue weighted by molar-refractivity contribution is 0.659. The Balaban J connectivity index is 2.70. The zero-order valence-corrected chi connectivity index (χ0v) is 7.75. The normalized spacial score (nSPS) is 9.70. The maximum Gasteiger partial charge on any atom is -0.00262 e. The van der Waals surface area contributed by atoms with Gasteiger partial charge < -0.3 is 0 Å². The molecule has 60 valence electrons. The molecule has 0 aliphatic carbocycles. The van der Waals surface area contributed by atoms with Gasteiger partial charge in [0.2, 0.25) is 0 Å². The summed E-state index contributed by atoms with van der Waals surface area (Å²) in [5.41, 5.74) is 0. The standard InChI is InChI=1S/C9H18S/c1-3-5-6-7-8-9-10-4-2/h4H,2-3,5-9H2,1H3. The minimum absolute atomic E-state index is 1.26. The molecule has 0 unspecified atom stereocenters. The van der Waals surface area contributed by atoms with Crippen LogP contribution in [0.3, 0.4) is 0 Å². The third-order valence-corrected chi connectivity index (χ3v) is 2.24. The van der Waals surface area contributed by atoms with E-state index in [1.165, 1.54) is 37.9 Å². The van der Waals surface area contributed by atoms with Crippen molar-refractivity contribution >= 4 is 11.8 Å². The second kappa shape index (κ2) is 9.09. The molecule has 0 aliphatic rings. The summed E-state index contributed by atoms with van der Waals surface area (Å²) in [6.07, 6.45) is 6.91. The average Bonchev–Trinajstić information content (AvgIpc) is 1.97. The third kappa shape index (κ3) is 8.09. The Hall–Kier alpha value is 0.0900. The summed E-state index contributed by atoms with van der Waals surface area (Å²) in [7, 11) is 0. The Morgan fingerprint density at radius 1 is 1.20 bits per heavy atom. The summed E-state index contributed by atoms with van der Waals surface area (Å²) in [6, 6.07) is 0. The highest BCUT2D eigenvalue weighted by Crippen LogP contribution is 2.08. The Bertz CT molecular complexity index is 69.1. The molecule has 0 aromatic rings. The van der Waals surface area contributed by atoms with E-state index in [-0.39, 0.29) is 0 Å². The van der Waals surface area contributed by atoms with Crippen molar-refractivity contribution in [1.29, 1.82) is 0 Å². The van der Waals surface area contributed by atoms with Crippen molar-refractivity contribution in [3.05, 3.63) is 12.0 Å². The number of hydrogen-bond donors (Lipinski definition) is 0. The highest BCUT2D eigenvalue weighted by Gasteiger charge is 1.86. The van der Waals surface area contributed by atoms with Crippen LogP contribution in [0.15, 0.2) is 12.0 Å². The molecule has 0 aromatic heterocycles. The SMILES string of the molecule is C=CSCCCCCCC. The van der Waals surface area contributed by atoms with Gasteiger partial charge in [-0.25, -0.2) is 0 Å². The zero-order chi connectivity index (χ0) is 7.66. The van der Waals surface area contributed by atoms with E-state index in [0.29, 0.717) is 0 Å². The average molecular weight is 158 g/mol. The van der Waals surface area contributed by atoms with Crippen LogP contribution < -0.4 is 0 Å². The lowest BCUT2D eigenvalue weighted by atomic mass is 10.2. The molecular weight excluding hydrogens is 140 g/mol. The van der Waals surface area contributed by atoms with Crippen molar-refractivity contribution in [2.75, 3.05) is 5.75 Å². The van der Waals surface area contributed by atoms with Crippen LogP contribution in [0, 0.1) is 0 Å². The molecule has 0 amide bonds. The van der Waals surface area contributed by atoms with E-state index in [1.54, 1.807) is 0 Å². The van der Waals surface area contributed by atoms with Gasteiger partial charge in [0.15, 0.2) is 0 Å². The van der Waals surface area contributed by atoms with E-state index in [2.05, 4.69) is 13.5 Å². The number of unbranched alkanes of at least 4 members (excludes halogenated alkanes) is 4. The van der Waals surface area contributed by atoms with Crippen LogP contribution in [0.4, 0.5) is 0 Å². The van der Waals surface area contributed by atoms with Gasteiger partial charge in [0.1, 0.15) is 0 Å². The number of rotatable bonds is 7. The van der Waals surface area contributed by atoms with Gasteiger partial charge in [-0.3, -0.25) is 0 Å². The number of hydrogen-bond acceptors (Lipinski definition) is 1. The first-order valence-corrected chi connectivity index (χ1v) is 5.19. The second-order valence-corrected chi connectivity index (χ2v) is 3.53. The van der Waals surface area contributed by atoms with Crippen molar-refractivity contribution in [1.82, 2.24) is 0 Å². The number of thioether (sulfide) groups is 1. The lowest BCUT2D eigenvalue weighted by Gasteiger charge is -1.96. The van der Waals surface area contributed by atoms with Crippen LogP contribution in [-0.2, 0) is 0 Å². The summed E-state index contributed by atoms with van der Waals surface area (Å²) in [4.78, 5) is 0. The van der Waals surface area contributed by atoms with Gasteiger partial charge in [-0.15, -0.1) is 11.8 Å². The van der Waals surface area contributed by atoms with Gasteiger partial charge >= 0.3 is 0 Å². The zero-order valence-electron chi connectivity index (χ0n) is 6.94. The van der Waals surface area contributed by atoms with Crippen molar-refractivity contribution in [2.45, 2.75) is 39.0 Å². The van der Waals surface area contributed by atoms with Gasteiger partial charge in [0.25, 0.3) is 0 Å². The van der Waals surface area contributed by atoms with Crippen molar-refractivity contribution in [3.8, 4) is 0 Å². The molecule has 0 heterocycles. The first kappa shape index (κ1) is 10.1. The fourth-order valence-electron chi connectivity index (χ4n) is 0.872. The summed E-state index contributed by atoms with van der Waals surface area (Å²) in [5.74, 6) is 1.26. The highest BCUT2D eigenvalue weighted by molar-refractivity contribution is 8.02. The van der Waals surface area contributed by atoms with Crippen LogP contribution >= 0.6 is 11.8 Å². The van der Waals surface area contributed by atoms with Crippen molar-refractivity contribution in [3.63, 3.8) is 0 Å². The summed E-state index contributed by atoms with van der Waals surface area (Å²) >= 11 is 1.83. The van der Waals surface area contributed by atoms with Crippen LogP contribution in [0.5, 0.6) is 0 Å². The van der Waals surface area contributed by atoms with Crippen molar-refractivity contribution in [2.24, 2.45) is 0 Å². The van der Waals surface area contributed by atoms with Crippen LogP contribution in [0.1, 0.15) is 39.0 Å². The minimum atomic E-state index is 1.26. The lowest BCUT2D eigenvalue weighted by Crippen LogP contribution is -1.79. The van der Waals surface area contributed by atoms with E-state index >= 15 is 0 Å². The smallest absolute Gasteiger partial charge is 0.00262 e. The molecule has 10 heavy (non-hydrogen) atoms. The third-order valence-electron chi connectivity index (χ3n) is 1.48. The van der Waals surface area contributed by atoms with Crippen molar-refractivity contribution < 1.29 is 0 Å². The molecule has 0 aliphatic heterocycles. The Morgan fingerprint density at radius 2 is 1.90 bits per heavy atom. The van der Waals surface area contributed by atoms with E-state index in [9.17, 15) is 0 Å². The van der Waals surface area contributed by atoms with E-state index in [0.717, 1.165) is 0 Å². The molecular formula is C9H18S. The topological polar surface area (TPSA) is 0 Å². The molecule has 0 atom stereocenters. The molecule has 0 radical (unpaired) electrons. The van der Waals surface area contributed by atoms with Gasteiger partial charge in [-0.05, 0) is 17.6 Å². The molecule has 1 heteroatoms. The summed E-state index contributed by atoms with van der Waals surface area (Å²) in [5, 5.41) is 1.93. The maximum absolute atomic E-state index is 3.66. The summed E-state index contributed by atoms with van der Waals surface area (Å²) < 4.78 is 0. The summed E-state index contributed by atoms with van der Waals surface area (Å²) in [6.45, 7) is 5.91. The van der Waals surface area contributed by atoms with E-state index < -0.39 is 0 Å². The predicted octanol–water partition coefficient (Wildman–Crippen LogP) is 3.83. The highest BCUT2D eigenvalue weighted by atomic mass is 32.2. The van der Waals surface area contributed by atoms with Crippen LogP contribution in [-0.4, -0.2) is 5.75 Å². The molecule has 0 saturated carbocycles. The fraction of sp³-hybridized carbons (Fsp3) is 0.778. The van der Waals surface area contributed by atoms with Gasteiger partial charge in [0, 0.05) is 0 Å². The molecule has 0 saturated heterocycles. The van der Waals surface area contributed by atoms with E-state index in [1.807, 2.05) is 17.2 Å².